The fourth-order valence-corrected chi connectivity index (χ4v) is 3.38. The Labute approximate surface area is 101 Å². The summed E-state index contributed by atoms with van der Waals surface area (Å²) in [4.78, 5) is 14.2. The molecule has 2 saturated heterocycles. The number of carbonyl (C=O) groups excluding carboxylic acids is 1. The van der Waals surface area contributed by atoms with Crippen molar-refractivity contribution in [1.82, 2.24) is 4.90 Å². The molecule has 2 atom stereocenters. The number of ether oxygens (including phenoxy) is 1. The van der Waals surface area contributed by atoms with E-state index in [2.05, 4.69) is 13.8 Å². The van der Waals surface area contributed by atoms with Gasteiger partial charge in [0, 0.05) is 29.6 Å². The van der Waals surface area contributed by atoms with Crippen LogP contribution in [0.25, 0.3) is 0 Å². The van der Waals surface area contributed by atoms with Crippen LogP contribution in [0.5, 0.6) is 0 Å². The first-order valence-electron chi connectivity index (χ1n) is 5.76. The fraction of sp³-hybridized carbons (Fsp3) is 0.909. The fourth-order valence-electron chi connectivity index (χ4n) is 2.26. The summed E-state index contributed by atoms with van der Waals surface area (Å²) in [7, 11) is 0. The molecule has 0 spiro atoms. The molecule has 2 heterocycles. The van der Waals surface area contributed by atoms with Crippen LogP contribution in [-0.2, 0) is 9.53 Å². The molecule has 0 aliphatic carbocycles. The van der Waals surface area contributed by atoms with Gasteiger partial charge in [-0.25, -0.2) is 0 Å². The maximum atomic E-state index is 12.3. The van der Waals surface area contributed by atoms with Crippen LogP contribution in [0, 0.1) is 5.92 Å². The second-order valence-electron chi connectivity index (χ2n) is 5.18. The zero-order valence-corrected chi connectivity index (χ0v) is 10.8. The molecule has 0 aromatic carbocycles. The van der Waals surface area contributed by atoms with Crippen LogP contribution < -0.4 is 5.73 Å². The van der Waals surface area contributed by atoms with Crippen molar-refractivity contribution in [3.63, 3.8) is 0 Å². The molecule has 92 valence electrons. The van der Waals surface area contributed by atoms with Gasteiger partial charge in [0.05, 0.1) is 19.1 Å². The van der Waals surface area contributed by atoms with E-state index in [1.807, 2.05) is 16.7 Å². The number of thioether (sulfide) groups is 1. The molecule has 16 heavy (non-hydrogen) atoms. The van der Waals surface area contributed by atoms with E-state index in [9.17, 15) is 4.79 Å². The minimum absolute atomic E-state index is 0.120. The Morgan fingerprint density at radius 2 is 2.25 bits per heavy atom. The van der Waals surface area contributed by atoms with Gasteiger partial charge in [-0.1, -0.05) is 0 Å². The molecule has 0 radical (unpaired) electrons. The molecule has 2 aliphatic heterocycles. The van der Waals surface area contributed by atoms with E-state index in [1.54, 1.807) is 0 Å². The van der Waals surface area contributed by atoms with Crippen LogP contribution in [0.2, 0.25) is 0 Å². The number of nitrogens with two attached hydrogens (primary N) is 1. The normalized spacial score (nSPS) is 34.1. The van der Waals surface area contributed by atoms with E-state index in [-0.39, 0.29) is 22.6 Å². The summed E-state index contributed by atoms with van der Waals surface area (Å²) >= 11 is 1.93. The number of hydrogen-bond donors (Lipinski definition) is 1. The molecule has 2 aliphatic rings. The van der Waals surface area contributed by atoms with Crippen molar-refractivity contribution in [1.29, 1.82) is 0 Å². The molecular formula is C11H20N2O2S. The maximum Gasteiger partial charge on any atom is 0.229 e. The molecule has 0 aromatic rings. The SMILES string of the molecule is CC1(C)CN(C(=O)C2COCC2N)CCS1. The number of amides is 1. The lowest BCUT2D eigenvalue weighted by Gasteiger charge is -2.38. The van der Waals surface area contributed by atoms with Crippen molar-refractivity contribution in [2.45, 2.75) is 24.6 Å². The molecular weight excluding hydrogens is 224 g/mol. The predicted molar refractivity (Wildman–Crippen MR) is 65.4 cm³/mol. The zero-order valence-electron chi connectivity index (χ0n) is 9.94. The van der Waals surface area contributed by atoms with E-state index in [0.29, 0.717) is 13.2 Å². The molecule has 4 nitrogen and oxygen atoms in total. The Bertz CT molecular complexity index is 283. The van der Waals surface area contributed by atoms with Gasteiger partial charge < -0.3 is 15.4 Å². The van der Waals surface area contributed by atoms with Gasteiger partial charge in [0.25, 0.3) is 0 Å². The second kappa shape index (κ2) is 4.55. The van der Waals surface area contributed by atoms with Crippen LogP contribution in [0.15, 0.2) is 0 Å². The summed E-state index contributed by atoms with van der Waals surface area (Å²) in [5.74, 6) is 1.07. The van der Waals surface area contributed by atoms with Crippen LogP contribution in [0.1, 0.15) is 13.8 Å². The quantitative estimate of drug-likeness (QED) is 0.721. The van der Waals surface area contributed by atoms with Gasteiger partial charge in [0.1, 0.15) is 0 Å². The average molecular weight is 244 g/mol. The van der Waals surface area contributed by atoms with Crippen molar-refractivity contribution < 1.29 is 9.53 Å². The highest BCUT2D eigenvalue weighted by molar-refractivity contribution is 8.00. The van der Waals surface area contributed by atoms with Gasteiger partial charge in [-0.15, -0.1) is 0 Å². The first-order valence-corrected chi connectivity index (χ1v) is 6.74. The lowest BCUT2D eigenvalue weighted by atomic mass is 10.0. The van der Waals surface area contributed by atoms with Crippen molar-refractivity contribution in [3.05, 3.63) is 0 Å². The van der Waals surface area contributed by atoms with Gasteiger partial charge in [0.15, 0.2) is 0 Å². The summed E-state index contributed by atoms with van der Waals surface area (Å²) < 4.78 is 5.42. The topological polar surface area (TPSA) is 55.6 Å². The zero-order chi connectivity index (χ0) is 11.8. The Hall–Kier alpha value is -0.260. The van der Waals surface area contributed by atoms with Gasteiger partial charge in [-0.3, -0.25) is 4.79 Å². The number of nitrogens with zero attached hydrogens (tertiary/aromatic N) is 1. The lowest BCUT2D eigenvalue weighted by molar-refractivity contribution is -0.136. The van der Waals surface area contributed by atoms with Crippen molar-refractivity contribution in [3.8, 4) is 0 Å². The third-order valence-corrected chi connectivity index (χ3v) is 4.48. The molecule has 2 rings (SSSR count). The van der Waals surface area contributed by atoms with Crippen LogP contribution in [-0.4, -0.2) is 53.7 Å². The highest BCUT2D eigenvalue weighted by Crippen LogP contribution is 2.30. The molecule has 0 saturated carbocycles. The van der Waals surface area contributed by atoms with Gasteiger partial charge in [-0.05, 0) is 13.8 Å². The van der Waals surface area contributed by atoms with Gasteiger partial charge in [0.2, 0.25) is 5.91 Å². The molecule has 2 unspecified atom stereocenters. The van der Waals surface area contributed by atoms with Gasteiger partial charge >= 0.3 is 0 Å². The largest absolute Gasteiger partial charge is 0.379 e. The number of rotatable bonds is 1. The van der Waals surface area contributed by atoms with E-state index >= 15 is 0 Å². The van der Waals surface area contributed by atoms with Crippen LogP contribution in [0.4, 0.5) is 0 Å². The molecule has 1 amide bonds. The summed E-state index contributed by atoms with van der Waals surface area (Å²) in [6, 6.07) is -0.120. The molecule has 2 N–H and O–H groups in total. The van der Waals surface area contributed by atoms with Crippen molar-refractivity contribution >= 4 is 17.7 Å². The summed E-state index contributed by atoms with van der Waals surface area (Å²) in [5.41, 5.74) is 5.88. The number of hydrogen-bond acceptors (Lipinski definition) is 4. The first kappa shape index (κ1) is 12.2. The third-order valence-electron chi connectivity index (χ3n) is 3.18. The molecule has 2 fully saturated rings. The monoisotopic (exact) mass is 244 g/mol. The smallest absolute Gasteiger partial charge is 0.229 e. The Morgan fingerprint density at radius 1 is 1.50 bits per heavy atom. The molecule has 0 bridgehead atoms. The first-order chi connectivity index (χ1) is 7.49. The van der Waals surface area contributed by atoms with Crippen LogP contribution >= 0.6 is 11.8 Å². The summed E-state index contributed by atoms with van der Waals surface area (Å²) in [6.07, 6.45) is 0. The Balaban J connectivity index is 1.99. The third kappa shape index (κ3) is 2.52. The van der Waals surface area contributed by atoms with Crippen LogP contribution in [0.3, 0.4) is 0 Å². The average Bonchev–Trinajstić information content (AvgIpc) is 2.62. The Kier molecular flexibility index (Phi) is 3.47. The maximum absolute atomic E-state index is 12.3. The summed E-state index contributed by atoms with van der Waals surface area (Å²) in [6.45, 7) is 7.03. The second-order valence-corrected chi connectivity index (χ2v) is 6.98. The lowest BCUT2D eigenvalue weighted by Crippen LogP contribution is -2.51. The minimum Gasteiger partial charge on any atom is -0.379 e. The van der Waals surface area contributed by atoms with E-state index in [0.717, 1.165) is 18.8 Å². The predicted octanol–water partition coefficient (Wildman–Crippen LogP) is 0.314. The van der Waals surface area contributed by atoms with E-state index in [4.69, 9.17) is 10.5 Å². The van der Waals surface area contributed by atoms with Gasteiger partial charge in [-0.2, -0.15) is 11.8 Å². The van der Waals surface area contributed by atoms with Crippen molar-refractivity contribution in [2.24, 2.45) is 11.7 Å². The highest BCUT2D eigenvalue weighted by atomic mass is 32.2. The number of carbonyl (C=O) groups is 1. The van der Waals surface area contributed by atoms with E-state index in [1.165, 1.54) is 0 Å². The molecule has 0 aromatic heterocycles. The molecule has 5 heteroatoms. The minimum atomic E-state index is -0.126. The summed E-state index contributed by atoms with van der Waals surface area (Å²) in [5, 5.41) is 0. The highest BCUT2D eigenvalue weighted by Gasteiger charge is 2.37. The van der Waals surface area contributed by atoms with Crippen molar-refractivity contribution in [2.75, 3.05) is 32.1 Å². The Morgan fingerprint density at radius 3 is 2.81 bits per heavy atom. The van der Waals surface area contributed by atoms with E-state index < -0.39 is 0 Å². The standard InChI is InChI=1S/C11H20N2O2S/c1-11(2)7-13(3-4-16-11)10(14)8-5-15-6-9(8)12/h8-9H,3-7,12H2,1-2H3.